The maximum absolute atomic E-state index is 12.4. The van der Waals surface area contributed by atoms with Gasteiger partial charge in [-0.25, -0.2) is 13.1 Å². The predicted octanol–water partition coefficient (Wildman–Crippen LogP) is 0.845. The highest BCUT2D eigenvalue weighted by molar-refractivity contribution is 7.91. The molecule has 1 aromatic heterocycles. The zero-order valence-electron chi connectivity index (χ0n) is 12.9. The molecule has 1 saturated heterocycles. The van der Waals surface area contributed by atoms with Crippen LogP contribution in [0.2, 0.25) is 0 Å². The Hall–Kier alpha value is -0.960. The lowest BCUT2D eigenvalue weighted by atomic mass is 10.0. The minimum absolute atomic E-state index is 0.00817. The summed E-state index contributed by atoms with van der Waals surface area (Å²) in [5.74, 6) is -0.0777. The molecule has 1 aliphatic heterocycles. The number of hydrogen-bond donors (Lipinski definition) is 3. The van der Waals surface area contributed by atoms with Crippen molar-refractivity contribution in [2.45, 2.75) is 49.4 Å². The third-order valence-corrected chi connectivity index (χ3v) is 6.75. The summed E-state index contributed by atoms with van der Waals surface area (Å²) in [6.07, 6.45) is 2.26. The predicted molar refractivity (Wildman–Crippen MR) is 87.5 cm³/mol. The molecule has 1 aliphatic rings. The van der Waals surface area contributed by atoms with Gasteiger partial charge in [0.15, 0.2) is 0 Å². The highest BCUT2D eigenvalue weighted by atomic mass is 32.2. The van der Waals surface area contributed by atoms with Gasteiger partial charge in [-0.05, 0) is 44.9 Å². The third-order valence-electron chi connectivity index (χ3n) is 3.59. The second-order valence-electron chi connectivity index (χ2n) is 5.65. The molecule has 22 heavy (non-hydrogen) atoms. The van der Waals surface area contributed by atoms with Crippen LogP contribution in [0.3, 0.4) is 0 Å². The second kappa shape index (κ2) is 7.54. The molecule has 0 aliphatic carbocycles. The van der Waals surface area contributed by atoms with Crippen LogP contribution >= 0.6 is 11.3 Å². The van der Waals surface area contributed by atoms with Crippen molar-refractivity contribution in [3.63, 3.8) is 0 Å². The van der Waals surface area contributed by atoms with E-state index < -0.39 is 10.0 Å². The Morgan fingerprint density at radius 1 is 1.45 bits per heavy atom. The van der Waals surface area contributed by atoms with Gasteiger partial charge in [-0.3, -0.25) is 4.79 Å². The fourth-order valence-corrected chi connectivity index (χ4v) is 5.17. The van der Waals surface area contributed by atoms with Crippen LogP contribution in [0.5, 0.6) is 0 Å². The van der Waals surface area contributed by atoms with Crippen molar-refractivity contribution in [2.75, 3.05) is 13.1 Å². The summed E-state index contributed by atoms with van der Waals surface area (Å²) in [5.41, 5.74) is 0. The molecule has 124 valence electrons. The number of piperidine rings is 1. The standard InChI is InChI=1S/C14H23N3O3S2/c1-10-9-12(5-7-15-10)17-22(19,20)14-4-3-13(21-14)6-8-16-11(2)18/h3-4,10,12,15,17H,5-9H2,1-2H3,(H,16,18). The van der Waals surface area contributed by atoms with Gasteiger partial charge in [0.05, 0.1) is 0 Å². The first-order chi connectivity index (χ1) is 10.4. The lowest BCUT2D eigenvalue weighted by Crippen LogP contribution is -2.46. The first-order valence-electron chi connectivity index (χ1n) is 7.45. The van der Waals surface area contributed by atoms with E-state index in [0.29, 0.717) is 23.2 Å². The van der Waals surface area contributed by atoms with Crippen molar-refractivity contribution in [1.82, 2.24) is 15.4 Å². The molecular formula is C14H23N3O3S2. The molecule has 2 atom stereocenters. The number of amides is 1. The Morgan fingerprint density at radius 2 is 2.23 bits per heavy atom. The van der Waals surface area contributed by atoms with Gasteiger partial charge in [0.2, 0.25) is 15.9 Å². The molecule has 8 heteroatoms. The van der Waals surface area contributed by atoms with E-state index in [1.54, 1.807) is 6.07 Å². The van der Waals surface area contributed by atoms with Gasteiger partial charge in [-0.1, -0.05) is 0 Å². The molecule has 1 aromatic rings. The molecule has 0 spiro atoms. The van der Waals surface area contributed by atoms with Crippen LogP contribution in [0.25, 0.3) is 0 Å². The van der Waals surface area contributed by atoms with Crippen LogP contribution in [0.1, 0.15) is 31.6 Å². The summed E-state index contributed by atoms with van der Waals surface area (Å²) in [6.45, 7) is 4.88. The molecule has 2 unspecified atom stereocenters. The maximum Gasteiger partial charge on any atom is 0.250 e. The van der Waals surface area contributed by atoms with Crippen LogP contribution in [0.4, 0.5) is 0 Å². The van der Waals surface area contributed by atoms with Crippen LogP contribution in [0, 0.1) is 0 Å². The van der Waals surface area contributed by atoms with E-state index in [0.717, 1.165) is 24.3 Å². The summed E-state index contributed by atoms with van der Waals surface area (Å²) >= 11 is 1.26. The number of carbonyl (C=O) groups is 1. The molecule has 6 nitrogen and oxygen atoms in total. The first kappa shape index (κ1) is 17.4. The molecule has 2 rings (SSSR count). The number of sulfonamides is 1. The van der Waals surface area contributed by atoms with Crippen molar-refractivity contribution in [3.8, 4) is 0 Å². The SMILES string of the molecule is CC(=O)NCCc1ccc(S(=O)(=O)NC2CCNC(C)C2)s1. The Bertz CT molecular complexity index is 613. The Morgan fingerprint density at radius 3 is 2.91 bits per heavy atom. The first-order valence-corrected chi connectivity index (χ1v) is 9.75. The van der Waals surface area contributed by atoms with Gasteiger partial charge in [-0.2, -0.15) is 0 Å². The highest BCUT2D eigenvalue weighted by Crippen LogP contribution is 2.23. The van der Waals surface area contributed by atoms with Crippen LogP contribution in [-0.4, -0.2) is 39.5 Å². The van der Waals surface area contributed by atoms with Crippen LogP contribution < -0.4 is 15.4 Å². The van der Waals surface area contributed by atoms with Gasteiger partial charge in [-0.15, -0.1) is 11.3 Å². The quantitative estimate of drug-likeness (QED) is 0.713. The number of nitrogens with one attached hydrogen (secondary N) is 3. The van der Waals surface area contributed by atoms with E-state index in [1.807, 2.05) is 6.07 Å². The molecule has 0 saturated carbocycles. The maximum atomic E-state index is 12.4. The van der Waals surface area contributed by atoms with E-state index >= 15 is 0 Å². The normalized spacial score (nSPS) is 22.5. The monoisotopic (exact) mass is 345 g/mol. The molecule has 0 aromatic carbocycles. The molecule has 0 bridgehead atoms. The lowest BCUT2D eigenvalue weighted by molar-refractivity contribution is -0.118. The van der Waals surface area contributed by atoms with E-state index in [9.17, 15) is 13.2 Å². The van der Waals surface area contributed by atoms with Crippen molar-refractivity contribution >= 4 is 27.3 Å². The van der Waals surface area contributed by atoms with Crippen LogP contribution in [0.15, 0.2) is 16.3 Å². The largest absolute Gasteiger partial charge is 0.356 e. The van der Waals surface area contributed by atoms with Gasteiger partial charge >= 0.3 is 0 Å². The average Bonchev–Trinajstić information content (AvgIpc) is 2.87. The van der Waals surface area contributed by atoms with Crippen molar-refractivity contribution in [1.29, 1.82) is 0 Å². The summed E-state index contributed by atoms with van der Waals surface area (Å²) in [7, 11) is -3.45. The number of hydrogen-bond acceptors (Lipinski definition) is 5. The summed E-state index contributed by atoms with van der Waals surface area (Å²) in [5, 5.41) is 6.02. The molecular weight excluding hydrogens is 322 g/mol. The van der Waals surface area contributed by atoms with Crippen molar-refractivity contribution in [2.24, 2.45) is 0 Å². The van der Waals surface area contributed by atoms with Gasteiger partial charge in [0, 0.05) is 30.4 Å². The fourth-order valence-electron chi connectivity index (χ4n) is 2.52. The van der Waals surface area contributed by atoms with E-state index in [2.05, 4.69) is 22.3 Å². The number of rotatable bonds is 6. The van der Waals surface area contributed by atoms with E-state index in [1.165, 1.54) is 18.3 Å². The molecule has 2 heterocycles. The number of carbonyl (C=O) groups excluding carboxylic acids is 1. The average molecular weight is 345 g/mol. The molecule has 0 radical (unpaired) electrons. The second-order valence-corrected chi connectivity index (χ2v) is 8.76. The van der Waals surface area contributed by atoms with E-state index in [-0.39, 0.29) is 11.9 Å². The zero-order valence-corrected chi connectivity index (χ0v) is 14.5. The van der Waals surface area contributed by atoms with Gasteiger partial charge in [0.1, 0.15) is 4.21 Å². The lowest BCUT2D eigenvalue weighted by Gasteiger charge is -2.28. The minimum atomic E-state index is -3.45. The number of thiophene rings is 1. The van der Waals surface area contributed by atoms with Gasteiger partial charge in [0.25, 0.3) is 0 Å². The summed E-state index contributed by atoms with van der Waals surface area (Å²) in [6, 6.07) is 3.77. The Balaban J connectivity index is 1.94. The van der Waals surface area contributed by atoms with E-state index in [4.69, 9.17) is 0 Å². The smallest absolute Gasteiger partial charge is 0.250 e. The molecule has 3 N–H and O–H groups in total. The minimum Gasteiger partial charge on any atom is -0.356 e. The molecule has 1 fully saturated rings. The topological polar surface area (TPSA) is 87.3 Å². The van der Waals surface area contributed by atoms with Gasteiger partial charge < -0.3 is 10.6 Å². The Labute approximate surface area is 135 Å². The Kier molecular flexibility index (Phi) is 5.96. The third kappa shape index (κ3) is 5.05. The zero-order chi connectivity index (χ0) is 16.2. The van der Waals surface area contributed by atoms with Crippen LogP contribution in [-0.2, 0) is 21.2 Å². The highest BCUT2D eigenvalue weighted by Gasteiger charge is 2.25. The van der Waals surface area contributed by atoms with Crippen molar-refractivity contribution < 1.29 is 13.2 Å². The summed E-state index contributed by atoms with van der Waals surface area (Å²) in [4.78, 5) is 11.8. The van der Waals surface area contributed by atoms with Crippen molar-refractivity contribution in [3.05, 3.63) is 17.0 Å². The summed E-state index contributed by atoms with van der Waals surface area (Å²) < 4.78 is 28.0. The fraction of sp³-hybridized carbons (Fsp3) is 0.643. The molecule has 1 amide bonds.